The van der Waals surface area contributed by atoms with Gasteiger partial charge in [-0.1, -0.05) is 13.3 Å². The summed E-state index contributed by atoms with van der Waals surface area (Å²) in [6.07, 6.45) is 8.33. The Kier molecular flexibility index (Phi) is 4.04. The lowest BCUT2D eigenvalue weighted by Crippen LogP contribution is -2.36. The van der Waals surface area contributed by atoms with E-state index in [0.717, 1.165) is 17.3 Å². The van der Waals surface area contributed by atoms with Crippen LogP contribution < -0.4 is 10.6 Å². The molecule has 2 rings (SSSR count). The van der Waals surface area contributed by atoms with Crippen LogP contribution in [0.15, 0.2) is 6.20 Å². The molecule has 0 unspecified atom stereocenters. The van der Waals surface area contributed by atoms with E-state index in [-0.39, 0.29) is 0 Å². The average Bonchev–Trinajstić information content (AvgIpc) is 2.41. The summed E-state index contributed by atoms with van der Waals surface area (Å²) in [4.78, 5) is 10.7. The van der Waals surface area contributed by atoms with Gasteiger partial charge >= 0.3 is 0 Å². The fourth-order valence-corrected chi connectivity index (χ4v) is 2.92. The van der Waals surface area contributed by atoms with Crippen molar-refractivity contribution in [1.29, 1.82) is 0 Å². The molecule has 0 atom stereocenters. The zero-order chi connectivity index (χ0) is 13.1. The van der Waals surface area contributed by atoms with Crippen LogP contribution in [0.2, 0.25) is 0 Å². The molecule has 1 fully saturated rings. The van der Waals surface area contributed by atoms with Gasteiger partial charge in [0.05, 0.1) is 0 Å². The molecular formula is C14H24N4. The van der Waals surface area contributed by atoms with E-state index < -0.39 is 0 Å². The maximum absolute atomic E-state index is 5.69. The summed E-state index contributed by atoms with van der Waals surface area (Å²) in [5, 5.41) is 0. The van der Waals surface area contributed by atoms with Crippen molar-refractivity contribution in [2.24, 2.45) is 5.92 Å². The van der Waals surface area contributed by atoms with E-state index in [2.05, 4.69) is 28.8 Å². The van der Waals surface area contributed by atoms with E-state index in [1.165, 1.54) is 32.1 Å². The van der Waals surface area contributed by atoms with Crippen molar-refractivity contribution in [3.63, 3.8) is 0 Å². The lowest BCUT2D eigenvalue weighted by Gasteiger charge is -2.35. The lowest BCUT2D eigenvalue weighted by molar-refractivity contribution is 0.313. The highest BCUT2D eigenvalue weighted by Gasteiger charge is 2.24. The van der Waals surface area contributed by atoms with Crippen molar-refractivity contribution in [1.82, 2.24) is 9.97 Å². The largest absolute Gasteiger partial charge is 0.368 e. The number of rotatable bonds is 3. The van der Waals surface area contributed by atoms with E-state index in [1.54, 1.807) is 0 Å². The summed E-state index contributed by atoms with van der Waals surface area (Å²) in [5.41, 5.74) is 6.79. The zero-order valence-electron chi connectivity index (χ0n) is 11.7. The summed E-state index contributed by atoms with van der Waals surface area (Å²) in [6, 6.07) is 0.598. The van der Waals surface area contributed by atoms with Gasteiger partial charge in [0.15, 0.2) is 0 Å². The molecule has 1 saturated carbocycles. The van der Waals surface area contributed by atoms with E-state index in [4.69, 9.17) is 5.73 Å². The molecule has 0 spiro atoms. The predicted molar refractivity (Wildman–Crippen MR) is 75.6 cm³/mol. The molecule has 1 aliphatic rings. The number of nitrogens with two attached hydrogens (primary N) is 1. The van der Waals surface area contributed by atoms with Crippen LogP contribution in [0.25, 0.3) is 0 Å². The quantitative estimate of drug-likeness (QED) is 0.893. The maximum Gasteiger partial charge on any atom is 0.221 e. The highest BCUT2D eigenvalue weighted by atomic mass is 15.2. The van der Waals surface area contributed by atoms with Crippen LogP contribution in [-0.4, -0.2) is 23.1 Å². The predicted octanol–water partition coefficient (Wildman–Crippen LogP) is 2.77. The molecule has 18 heavy (non-hydrogen) atoms. The topological polar surface area (TPSA) is 55.0 Å². The minimum atomic E-state index is 0.365. The number of anilines is 2. The molecule has 0 amide bonds. The second-order valence-electron chi connectivity index (χ2n) is 5.43. The van der Waals surface area contributed by atoms with Gasteiger partial charge < -0.3 is 10.6 Å². The first-order chi connectivity index (χ1) is 8.61. The van der Waals surface area contributed by atoms with Gasteiger partial charge in [0.25, 0.3) is 0 Å². The van der Waals surface area contributed by atoms with Crippen LogP contribution in [0.1, 0.15) is 44.6 Å². The number of hydrogen-bond acceptors (Lipinski definition) is 4. The number of hydrogen-bond donors (Lipinski definition) is 1. The minimum Gasteiger partial charge on any atom is -0.368 e. The third-order valence-electron chi connectivity index (χ3n) is 4.24. The third-order valence-corrected chi connectivity index (χ3v) is 4.24. The minimum absolute atomic E-state index is 0.365. The first kappa shape index (κ1) is 13.1. The number of nitrogens with zero attached hydrogens (tertiary/aromatic N) is 3. The monoisotopic (exact) mass is 248 g/mol. The van der Waals surface area contributed by atoms with Gasteiger partial charge in [-0.2, -0.15) is 4.98 Å². The molecule has 100 valence electrons. The molecule has 1 aromatic heterocycles. The Morgan fingerprint density at radius 3 is 2.61 bits per heavy atom. The number of aryl methyl sites for hydroxylation is 1. The van der Waals surface area contributed by atoms with Crippen LogP contribution in [0, 0.1) is 12.8 Å². The molecule has 0 bridgehead atoms. The van der Waals surface area contributed by atoms with Gasteiger partial charge in [-0.3, -0.25) is 0 Å². The van der Waals surface area contributed by atoms with Crippen molar-refractivity contribution in [3.05, 3.63) is 11.8 Å². The molecule has 4 nitrogen and oxygen atoms in total. The van der Waals surface area contributed by atoms with Crippen molar-refractivity contribution in [3.8, 4) is 0 Å². The molecule has 1 aliphatic carbocycles. The van der Waals surface area contributed by atoms with Crippen LogP contribution in [0.5, 0.6) is 0 Å². The summed E-state index contributed by atoms with van der Waals surface area (Å²) in [6.45, 7) is 4.34. The molecule has 0 saturated heterocycles. The molecule has 0 radical (unpaired) electrons. The highest BCUT2D eigenvalue weighted by Crippen LogP contribution is 2.31. The van der Waals surface area contributed by atoms with Crippen molar-refractivity contribution in [2.75, 3.05) is 17.7 Å². The second-order valence-corrected chi connectivity index (χ2v) is 5.43. The van der Waals surface area contributed by atoms with Crippen molar-refractivity contribution >= 4 is 11.8 Å². The number of nitrogen functional groups attached to an aromatic ring is 1. The second kappa shape index (κ2) is 5.55. The Hall–Kier alpha value is -1.32. The van der Waals surface area contributed by atoms with E-state index in [1.807, 2.05) is 13.1 Å². The van der Waals surface area contributed by atoms with E-state index in [0.29, 0.717) is 12.0 Å². The number of aromatic nitrogens is 2. The highest BCUT2D eigenvalue weighted by molar-refractivity contribution is 5.48. The zero-order valence-corrected chi connectivity index (χ0v) is 11.7. The summed E-state index contributed by atoms with van der Waals surface area (Å²) >= 11 is 0. The Labute approximate surface area is 110 Å². The van der Waals surface area contributed by atoms with Crippen LogP contribution >= 0.6 is 0 Å². The van der Waals surface area contributed by atoms with Gasteiger partial charge in [0.1, 0.15) is 5.82 Å². The smallest absolute Gasteiger partial charge is 0.221 e. The Balaban J connectivity index is 2.07. The van der Waals surface area contributed by atoms with Crippen LogP contribution in [0.3, 0.4) is 0 Å². The molecular weight excluding hydrogens is 224 g/mol. The standard InChI is InChI=1S/C14H24N4/c1-4-11-5-7-12(8-6-11)18(3)13-10(2)9-16-14(15)17-13/h9,11-12H,4-8H2,1-3H3,(H2,15,16,17). The lowest BCUT2D eigenvalue weighted by atomic mass is 9.84. The first-order valence-corrected chi connectivity index (χ1v) is 6.93. The fourth-order valence-electron chi connectivity index (χ4n) is 2.92. The van der Waals surface area contributed by atoms with Crippen LogP contribution in [-0.2, 0) is 0 Å². The molecule has 0 aliphatic heterocycles. The molecule has 1 heterocycles. The molecule has 1 aromatic rings. The van der Waals surface area contributed by atoms with Gasteiger partial charge in [-0.15, -0.1) is 0 Å². The normalized spacial score (nSPS) is 23.9. The van der Waals surface area contributed by atoms with Gasteiger partial charge in [-0.05, 0) is 38.5 Å². The van der Waals surface area contributed by atoms with Gasteiger partial charge in [0.2, 0.25) is 5.95 Å². The molecule has 4 heteroatoms. The Morgan fingerprint density at radius 1 is 1.33 bits per heavy atom. The Bertz CT molecular complexity index is 397. The maximum atomic E-state index is 5.69. The van der Waals surface area contributed by atoms with Crippen molar-refractivity contribution in [2.45, 2.75) is 52.0 Å². The summed E-state index contributed by atoms with van der Waals surface area (Å²) in [7, 11) is 2.13. The Morgan fingerprint density at radius 2 is 2.00 bits per heavy atom. The average molecular weight is 248 g/mol. The molecule has 0 aromatic carbocycles. The fraction of sp³-hybridized carbons (Fsp3) is 0.714. The SMILES string of the molecule is CCC1CCC(N(C)c2nc(N)ncc2C)CC1. The summed E-state index contributed by atoms with van der Waals surface area (Å²) < 4.78 is 0. The van der Waals surface area contributed by atoms with Gasteiger partial charge in [-0.25, -0.2) is 4.98 Å². The summed E-state index contributed by atoms with van der Waals surface area (Å²) in [5.74, 6) is 2.28. The van der Waals surface area contributed by atoms with E-state index in [9.17, 15) is 0 Å². The first-order valence-electron chi connectivity index (χ1n) is 6.93. The van der Waals surface area contributed by atoms with Crippen LogP contribution in [0.4, 0.5) is 11.8 Å². The third kappa shape index (κ3) is 2.74. The molecule has 2 N–H and O–H groups in total. The van der Waals surface area contributed by atoms with Crippen molar-refractivity contribution < 1.29 is 0 Å². The van der Waals surface area contributed by atoms with E-state index >= 15 is 0 Å². The van der Waals surface area contributed by atoms with Gasteiger partial charge in [0, 0.05) is 24.8 Å².